The number of amides is 1. The maximum absolute atomic E-state index is 12.6. The fraction of sp³-hybridized carbons (Fsp3) is 0.0769. The highest BCUT2D eigenvalue weighted by Crippen LogP contribution is 2.26. The van der Waals surface area contributed by atoms with E-state index in [0.29, 0.717) is 18.0 Å². The number of hydrogen-bond acceptors (Lipinski definition) is 4. The highest BCUT2D eigenvalue weighted by atomic mass is 16.5. The topological polar surface area (TPSA) is 69.3 Å². The van der Waals surface area contributed by atoms with Crippen LogP contribution in [0, 0.1) is 0 Å². The highest BCUT2D eigenvalue weighted by Gasteiger charge is 2.13. The third-order valence-electron chi connectivity index (χ3n) is 5.08. The van der Waals surface area contributed by atoms with Gasteiger partial charge in [0.2, 0.25) is 0 Å². The second-order valence-corrected chi connectivity index (χ2v) is 7.40. The summed E-state index contributed by atoms with van der Waals surface area (Å²) in [5, 5.41) is 9.26. The Morgan fingerprint density at radius 2 is 1.75 bits per heavy atom. The Bertz CT molecular complexity index is 1350. The summed E-state index contributed by atoms with van der Waals surface area (Å²) >= 11 is 0. The van der Waals surface area contributed by atoms with E-state index in [0.717, 1.165) is 22.1 Å². The van der Waals surface area contributed by atoms with Crippen LogP contribution in [0.2, 0.25) is 0 Å². The lowest BCUT2D eigenvalue weighted by Gasteiger charge is -2.07. The zero-order valence-electron chi connectivity index (χ0n) is 17.3. The first-order valence-corrected chi connectivity index (χ1v) is 10.3. The Morgan fingerprint density at radius 1 is 0.938 bits per heavy atom. The predicted molar refractivity (Wildman–Crippen MR) is 123 cm³/mol. The number of nitrogens with zero attached hydrogens (tertiary/aromatic N) is 2. The van der Waals surface area contributed by atoms with E-state index in [4.69, 9.17) is 9.15 Å². The molecule has 0 fully saturated rings. The summed E-state index contributed by atoms with van der Waals surface area (Å²) in [6.45, 7) is 0.864. The summed E-state index contributed by atoms with van der Waals surface area (Å²) in [4.78, 5) is 12.6. The van der Waals surface area contributed by atoms with Crippen LogP contribution in [0.1, 0.15) is 21.9 Å². The van der Waals surface area contributed by atoms with Crippen LogP contribution in [0.25, 0.3) is 10.8 Å². The average molecular weight is 423 g/mol. The molecule has 32 heavy (non-hydrogen) atoms. The van der Waals surface area contributed by atoms with Crippen molar-refractivity contribution >= 4 is 22.4 Å². The smallest absolute Gasteiger partial charge is 0.291 e. The van der Waals surface area contributed by atoms with Crippen molar-refractivity contribution in [3.05, 3.63) is 114 Å². The molecule has 158 valence electrons. The Kier molecular flexibility index (Phi) is 5.41. The molecule has 1 N–H and O–H groups in total. The van der Waals surface area contributed by atoms with Gasteiger partial charge in [-0.2, -0.15) is 5.10 Å². The first kappa shape index (κ1) is 19.6. The molecule has 2 heterocycles. The first-order chi connectivity index (χ1) is 15.7. The number of benzene rings is 3. The molecule has 0 radical (unpaired) electrons. The summed E-state index contributed by atoms with van der Waals surface area (Å²) in [7, 11) is 0. The fourth-order valence-electron chi connectivity index (χ4n) is 3.53. The van der Waals surface area contributed by atoms with Crippen molar-refractivity contribution in [2.24, 2.45) is 0 Å². The van der Waals surface area contributed by atoms with Crippen LogP contribution in [-0.2, 0) is 13.2 Å². The zero-order chi connectivity index (χ0) is 21.8. The molecule has 5 rings (SSSR count). The van der Waals surface area contributed by atoms with Gasteiger partial charge in [-0.25, -0.2) is 0 Å². The molecule has 0 atom stereocenters. The van der Waals surface area contributed by atoms with E-state index in [9.17, 15) is 4.79 Å². The van der Waals surface area contributed by atoms with Gasteiger partial charge >= 0.3 is 0 Å². The SMILES string of the molecule is O=C(Nc1cnn(Cc2ccccc2)c1)c1ccc(COc2cccc3ccccc23)o1. The molecule has 0 aliphatic rings. The van der Waals surface area contributed by atoms with Gasteiger partial charge < -0.3 is 14.5 Å². The Hall–Kier alpha value is -4.32. The second kappa shape index (κ2) is 8.81. The number of anilines is 1. The van der Waals surface area contributed by atoms with E-state index >= 15 is 0 Å². The van der Waals surface area contributed by atoms with Crippen LogP contribution in [-0.4, -0.2) is 15.7 Å². The summed E-state index contributed by atoms with van der Waals surface area (Å²) in [6, 6.07) is 27.4. The molecule has 1 amide bonds. The van der Waals surface area contributed by atoms with Crippen LogP contribution in [0.3, 0.4) is 0 Å². The normalized spacial score (nSPS) is 10.9. The molecule has 2 aromatic heterocycles. The van der Waals surface area contributed by atoms with Crippen molar-refractivity contribution in [1.82, 2.24) is 9.78 Å². The number of carbonyl (C=O) groups is 1. The van der Waals surface area contributed by atoms with Crippen LogP contribution in [0.5, 0.6) is 5.75 Å². The minimum Gasteiger partial charge on any atom is -0.485 e. The minimum atomic E-state index is -0.333. The van der Waals surface area contributed by atoms with Gasteiger partial charge in [0.1, 0.15) is 18.1 Å². The number of aromatic nitrogens is 2. The lowest BCUT2D eigenvalue weighted by molar-refractivity contribution is 0.0992. The lowest BCUT2D eigenvalue weighted by Crippen LogP contribution is -2.10. The van der Waals surface area contributed by atoms with Crippen molar-refractivity contribution in [3.63, 3.8) is 0 Å². The second-order valence-electron chi connectivity index (χ2n) is 7.40. The van der Waals surface area contributed by atoms with E-state index in [-0.39, 0.29) is 18.3 Å². The third kappa shape index (κ3) is 4.39. The van der Waals surface area contributed by atoms with E-state index in [1.165, 1.54) is 0 Å². The van der Waals surface area contributed by atoms with E-state index in [2.05, 4.69) is 10.4 Å². The van der Waals surface area contributed by atoms with E-state index in [1.807, 2.05) is 72.8 Å². The van der Waals surface area contributed by atoms with Crippen molar-refractivity contribution < 1.29 is 13.9 Å². The van der Waals surface area contributed by atoms with Crippen LogP contribution < -0.4 is 10.1 Å². The molecule has 0 aliphatic heterocycles. The average Bonchev–Trinajstić information content (AvgIpc) is 3.48. The molecule has 0 aliphatic carbocycles. The number of rotatable bonds is 7. The summed E-state index contributed by atoms with van der Waals surface area (Å²) in [5.41, 5.74) is 1.74. The van der Waals surface area contributed by atoms with Crippen LogP contribution >= 0.6 is 0 Å². The molecule has 3 aromatic carbocycles. The Balaban J connectivity index is 1.20. The van der Waals surface area contributed by atoms with E-state index < -0.39 is 0 Å². The third-order valence-corrected chi connectivity index (χ3v) is 5.08. The molecule has 0 saturated carbocycles. The van der Waals surface area contributed by atoms with Crippen molar-refractivity contribution in [2.45, 2.75) is 13.2 Å². The first-order valence-electron chi connectivity index (χ1n) is 10.3. The molecule has 5 aromatic rings. The van der Waals surface area contributed by atoms with Crippen LogP contribution in [0.4, 0.5) is 5.69 Å². The van der Waals surface area contributed by atoms with Crippen molar-refractivity contribution in [2.75, 3.05) is 5.32 Å². The monoisotopic (exact) mass is 423 g/mol. The van der Waals surface area contributed by atoms with Gasteiger partial charge in [0.25, 0.3) is 5.91 Å². The molecular formula is C26H21N3O3. The molecular weight excluding hydrogens is 402 g/mol. The van der Waals surface area contributed by atoms with Crippen molar-refractivity contribution in [3.8, 4) is 5.75 Å². The standard InChI is InChI=1S/C26H21N3O3/c30-26(28-21-15-27-29(17-21)16-19-7-2-1-3-8-19)25-14-13-22(32-25)18-31-24-12-6-10-20-9-4-5-11-23(20)24/h1-15,17H,16,18H2,(H,28,30). The molecule has 6 nitrogen and oxygen atoms in total. The highest BCUT2D eigenvalue weighted by molar-refractivity contribution is 6.02. The molecule has 0 saturated heterocycles. The number of hydrogen-bond donors (Lipinski definition) is 1. The zero-order valence-corrected chi connectivity index (χ0v) is 17.3. The molecule has 0 spiro atoms. The molecule has 0 unspecified atom stereocenters. The van der Waals surface area contributed by atoms with Gasteiger partial charge in [0.15, 0.2) is 5.76 Å². The number of nitrogens with one attached hydrogen (secondary N) is 1. The maximum Gasteiger partial charge on any atom is 0.291 e. The van der Waals surface area contributed by atoms with Gasteiger partial charge in [0.05, 0.1) is 18.4 Å². The largest absolute Gasteiger partial charge is 0.485 e. The number of fused-ring (bicyclic) bond motifs is 1. The van der Waals surface area contributed by atoms with Crippen LogP contribution in [0.15, 0.2) is 102 Å². The van der Waals surface area contributed by atoms with E-state index in [1.54, 1.807) is 29.2 Å². The molecule has 0 bridgehead atoms. The summed E-state index contributed by atoms with van der Waals surface area (Å²) in [6.07, 6.45) is 3.41. The minimum absolute atomic E-state index is 0.220. The lowest BCUT2D eigenvalue weighted by atomic mass is 10.1. The Morgan fingerprint density at radius 3 is 2.66 bits per heavy atom. The van der Waals surface area contributed by atoms with Gasteiger partial charge in [-0.05, 0) is 29.1 Å². The summed E-state index contributed by atoms with van der Waals surface area (Å²) < 4.78 is 13.4. The van der Waals surface area contributed by atoms with Gasteiger partial charge in [0, 0.05) is 11.6 Å². The number of ether oxygens (including phenoxy) is 1. The van der Waals surface area contributed by atoms with Gasteiger partial charge in [-0.3, -0.25) is 9.48 Å². The van der Waals surface area contributed by atoms with Gasteiger partial charge in [-0.15, -0.1) is 0 Å². The number of furan rings is 1. The number of carbonyl (C=O) groups excluding carboxylic acids is 1. The predicted octanol–water partition coefficient (Wildman–Crippen LogP) is 5.51. The maximum atomic E-state index is 12.6. The van der Waals surface area contributed by atoms with Crippen molar-refractivity contribution in [1.29, 1.82) is 0 Å². The van der Waals surface area contributed by atoms with Gasteiger partial charge in [-0.1, -0.05) is 66.7 Å². The molecule has 6 heteroatoms. The quantitative estimate of drug-likeness (QED) is 0.375. The summed E-state index contributed by atoms with van der Waals surface area (Å²) in [5.74, 6) is 1.23. The fourth-order valence-corrected chi connectivity index (χ4v) is 3.53. The Labute approximate surface area is 185 Å².